The van der Waals surface area contributed by atoms with Crippen LogP contribution in [0.25, 0.3) is 0 Å². The van der Waals surface area contributed by atoms with Gasteiger partial charge in [0.05, 0.1) is 12.0 Å². The average molecular weight is 421 g/mol. The fourth-order valence-corrected chi connectivity index (χ4v) is 5.69. The third-order valence-electron chi connectivity index (χ3n) is 4.83. The lowest BCUT2D eigenvalue weighted by molar-refractivity contribution is -0.119. The first-order valence-corrected chi connectivity index (χ1v) is 11.6. The van der Waals surface area contributed by atoms with E-state index in [0.717, 1.165) is 4.90 Å². The Labute approximate surface area is 170 Å². The van der Waals surface area contributed by atoms with Gasteiger partial charge in [-0.1, -0.05) is 12.1 Å². The zero-order valence-electron chi connectivity index (χ0n) is 16.1. The molecule has 28 heavy (non-hydrogen) atoms. The topological polar surface area (TPSA) is 75.7 Å². The second-order valence-corrected chi connectivity index (χ2v) is 9.37. The molecule has 0 aromatic heterocycles. The van der Waals surface area contributed by atoms with E-state index < -0.39 is 16.1 Å². The molecule has 1 amide bonds. The van der Waals surface area contributed by atoms with Crippen molar-refractivity contribution in [3.63, 3.8) is 0 Å². The Balaban J connectivity index is 1.86. The Morgan fingerprint density at radius 2 is 2.04 bits per heavy atom. The monoisotopic (exact) mass is 420 g/mol. The second kappa shape index (κ2) is 8.55. The van der Waals surface area contributed by atoms with Gasteiger partial charge in [0.15, 0.2) is 0 Å². The highest BCUT2D eigenvalue weighted by Crippen LogP contribution is 2.31. The number of carbonyl (C=O) groups excluding carboxylic acids is 1. The van der Waals surface area contributed by atoms with Gasteiger partial charge in [0, 0.05) is 23.2 Å². The summed E-state index contributed by atoms with van der Waals surface area (Å²) in [6.45, 7) is 2.06. The summed E-state index contributed by atoms with van der Waals surface area (Å²) in [4.78, 5) is 14.1. The average Bonchev–Trinajstić information content (AvgIpc) is 3.19. The van der Waals surface area contributed by atoms with Crippen molar-refractivity contribution in [1.29, 1.82) is 0 Å². The Bertz CT molecular complexity index is 976. The normalized spacial score (nSPS) is 17.5. The summed E-state index contributed by atoms with van der Waals surface area (Å²) in [6, 6.07) is 11.7. The number of amides is 1. The molecule has 1 unspecified atom stereocenters. The molecule has 3 rings (SSSR count). The van der Waals surface area contributed by atoms with Crippen LogP contribution in [0.2, 0.25) is 0 Å². The lowest BCUT2D eigenvalue weighted by Gasteiger charge is -2.24. The van der Waals surface area contributed by atoms with E-state index in [9.17, 15) is 13.2 Å². The van der Waals surface area contributed by atoms with Gasteiger partial charge in [0.25, 0.3) is 0 Å². The van der Waals surface area contributed by atoms with Gasteiger partial charge in [-0.15, -0.1) is 11.8 Å². The van der Waals surface area contributed by atoms with Crippen LogP contribution < -0.4 is 10.1 Å². The molecule has 2 aromatic carbocycles. The Hall–Kier alpha value is -2.03. The maximum Gasteiger partial charge on any atom is 0.244 e. The smallest absolute Gasteiger partial charge is 0.244 e. The molecule has 2 aromatic rings. The molecular formula is C20H24N2O4S2. The van der Waals surface area contributed by atoms with Crippen molar-refractivity contribution in [3.05, 3.63) is 48.0 Å². The van der Waals surface area contributed by atoms with Crippen molar-refractivity contribution in [1.82, 2.24) is 4.31 Å². The number of ether oxygens (including phenoxy) is 1. The summed E-state index contributed by atoms with van der Waals surface area (Å²) < 4.78 is 33.0. The number of nitrogens with zero attached hydrogens (tertiary/aromatic N) is 1. The van der Waals surface area contributed by atoms with Crippen molar-refractivity contribution in [3.8, 4) is 5.75 Å². The molecule has 1 heterocycles. The number of sulfonamides is 1. The minimum Gasteiger partial charge on any atom is -0.497 e. The van der Waals surface area contributed by atoms with Crippen LogP contribution in [-0.4, -0.2) is 44.6 Å². The number of methoxy groups -OCH3 is 1. The number of hydrogen-bond acceptors (Lipinski definition) is 5. The minimum atomic E-state index is -3.81. The van der Waals surface area contributed by atoms with E-state index in [2.05, 4.69) is 5.32 Å². The summed E-state index contributed by atoms with van der Waals surface area (Å²) in [5.74, 6) is 0.165. The number of benzene rings is 2. The Morgan fingerprint density at radius 1 is 1.25 bits per heavy atom. The number of thioether (sulfide) groups is 1. The number of nitrogens with one attached hydrogen (secondary N) is 1. The van der Waals surface area contributed by atoms with Crippen LogP contribution in [-0.2, 0) is 14.8 Å². The Kier molecular flexibility index (Phi) is 6.32. The standard InChI is InChI=1S/C20H24N2O4S2/c1-14-9-10-16(26-2)13-19(14)28(24,25)22-11-5-8-18(22)20(23)21-15-6-4-7-17(12-15)27-3/h4,6-7,9-10,12-13,18H,5,8,11H2,1-3H3,(H,21,23). The van der Waals surface area contributed by atoms with Gasteiger partial charge in [-0.05, 0) is 55.9 Å². The van der Waals surface area contributed by atoms with Crippen molar-refractivity contribution >= 4 is 33.4 Å². The predicted octanol–water partition coefficient (Wildman–Crippen LogP) is 3.52. The van der Waals surface area contributed by atoms with E-state index in [1.807, 2.05) is 24.5 Å². The van der Waals surface area contributed by atoms with E-state index >= 15 is 0 Å². The van der Waals surface area contributed by atoms with Gasteiger partial charge in [0.2, 0.25) is 15.9 Å². The van der Waals surface area contributed by atoms with Crippen LogP contribution >= 0.6 is 11.8 Å². The molecule has 0 saturated carbocycles. The van der Waals surface area contributed by atoms with Crippen molar-refractivity contribution in [2.45, 2.75) is 35.6 Å². The number of carbonyl (C=O) groups is 1. The summed E-state index contributed by atoms with van der Waals surface area (Å²) in [6.07, 6.45) is 3.10. The molecule has 6 nitrogen and oxygen atoms in total. The van der Waals surface area contributed by atoms with E-state index in [4.69, 9.17) is 4.74 Å². The number of anilines is 1. The summed E-state index contributed by atoms with van der Waals surface area (Å²) >= 11 is 1.58. The van der Waals surface area contributed by atoms with Crippen molar-refractivity contribution in [2.24, 2.45) is 0 Å². The largest absolute Gasteiger partial charge is 0.497 e. The third-order valence-corrected chi connectivity index (χ3v) is 7.60. The van der Waals surface area contributed by atoms with E-state index in [0.29, 0.717) is 36.4 Å². The first-order chi connectivity index (χ1) is 13.4. The maximum absolute atomic E-state index is 13.3. The molecule has 150 valence electrons. The van der Waals surface area contributed by atoms with Crippen molar-refractivity contribution < 1.29 is 17.9 Å². The summed E-state index contributed by atoms with van der Waals surface area (Å²) in [5.41, 5.74) is 1.29. The number of hydrogen-bond donors (Lipinski definition) is 1. The van der Waals surface area contributed by atoms with Gasteiger partial charge >= 0.3 is 0 Å². The summed E-state index contributed by atoms with van der Waals surface area (Å²) in [5, 5.41) is 2.87. The van der Waals surface area contributed by atoms with Crippen LogP contribution in [0.1, 0.15) is 18.4 Å². The molecular weight excluding hydrogens is 396 g/mol. The lowest BCUT2D eigenvalue weighted by atomic mass is 10.2. The van der Waals surface area contributed by atoms with Crippen molar-refractivity contribution in [2.75, 3.05) is 25.2 Å². The van der Waals surface area contributed by atoms with Crippen LogP contribution in [0, 0.1) is 6.92 Å². The highest BCUT2D eigenvalue weighted by Gasteiger charge is 2.40. The fourth-order valence-electron chi connectivity index (χ4n) is 3.33. The van der Waals surface area contributed by atoms with Gasteiger partial charge < -0.3 is 10.1 Å². The van der Waals surface area contributed by atoms with Crippen LogP contribution in [0.5, 0.6) is 5.75 Å². The number of rotatable bonds is 6. The first kappa shape index (κ1) is 20.7. The van der Waals surface area contributed by atoms with Gasteiger partial charge in [-0.2, -0.15) is 4.31 Å². The van der Waals surface area contributed by atoms with Crippen LogP contribution in [0.4, 0.5) is 5.69 Å². The number of aryl methyl sites for hydroxylation is 1. The molecule has 0 radical (unpaired) electrons. The van der Waals surface area contributed by atoms with E-state index in [1.54, 1.807) is 36.9 Å². The molecule has 1 aliphatic rings. The van der Waals surface area contributed by atoms with Gasteiger partial charge in [-0.3, -0.25) is 4.79 Å². The quantitative estimate of drug-likeness (QED) is 0.724. The molecule has 8 heteroatoms. The first-order valence-electron chi connectivity index (χ1n) is 8.98. The SMILES string of the molecule is COc1ccc(C)c(S(=O)(=O)N2CCCC2C(=O)Nc2cccc(SC)c2)c1. The van der Waals surface area contributed by atoms with E-state index in [-0.39, 0.29) is 10.8 Å². The third kappa shape index (κ3) is 4.19. The molecule has 0 spiro atoms. The lowest BCUT2D eigenvalue weighted by Crippen LogP contribution is -2.43. The molecule has 1 saturated heterocycles. The molecule has 1 atom stereocenters. The Morgan fingerprint density at radius 3 is 2.75 bits per heavy atom. The summed E-state index contributed by atoms with van der Waals surface area (Å²) in [7, 11) is -2.32. The van der Waals surface area contributed by atoms with E-state index in [1.165, 1.54) is 17.5 Å². The van der Waals surface area contributed by atoms with Crippen LogP contribution in [0.15, 0.2) is 52.3 Å². The highest BCUT2D eigenvalue weighted by atomic mass is 32.2. The second-order valence-electron chi connectivity index (χ2n) is 6.63. The molecule has 1 N–H and O–H groups in total. The molecule has 1 aliphatic heterocycles. The predicted molar refractivity (Wildman–Crippen MR) is 111 cm³/mol. The zero-order chi connectivity index (χ0) is 20.3. The molecule has 0 bridgehead atoms. The molecule has 0 aliphatic carbocycles. The fraction of sp³-hybridized carbons (Fsp3) is 0.350. The van der Waals surface area contributed by atoms with Gasteiger partial charge in [-0.25, -0.2) is 8.42 Å². The van der Waals surface area contributed by atoms with Gasteiger partial charge in [0.1, 0.15) is 11.8 Å². The highest BCUT2D eigenvalue weighted by molar-refractivity contribution is 7.98. The molecule has 1 fully saturated rings. The van der Waals surface area contributed by atoms with Crippen LogP contribution in [0.3, 0.4) is 0 Å². The maximum atomic E-state index is 13.3. The minimum absolute atomic E-state index is 0.177. The zero-order valence-corrected chi connectivity index (χ0v) is 17.8.